The van der Waals surface area contributed by atoms with Crippen molar-refractivity contribution < 1.29 is 14.6 Å². The highest BCUT2D eigenvalue weighted by Crippen LogP contribution is 2.37. The van der Waals surface area contributed by atoms with Gasteiger partial charge in [-0.1, -0.05) is 12.1 Å². The van der Waals surface area contributed by atoms with Crippen molar-refractivity contribution in [2.45, 2.75) is 13.5 Å². The van der Waals surface area contributed by atoms with E-state index >= 15 is 0 Å². The predicted molar refractivity (Wildman–Crippen MR) is 101 cm³/mol. The minimum Gasteiger partial charge on any atom is -0.504 e. The van der Waals surface area contributed by atoms with Crippen LogP contribution in [0, 0.1) is 6.92 Å². The summed E-state index contributed by atoms with van der Waals surface area (Å²) < 4.78 is 5.73. The van der Waals surface area contributed by atoms with Crippen LogP contribution in [-0.2, 0) is 6.54 Å². The fourth-order valence-electron chi connectivity index (χ4n) is 3.20. The number of carbonyl (C=O) groups excluding carboxylic acids is 1. The molecule has 1 N–H and O–H groups in total. The summed E-state index contributed by atoms with van der Waals surface area (Å²) in [5, 5.41) is 10.4. The summed E-state index contributed by atoms with van der Waals surface area (Å²) in [7, 11) is 0. The Morgan fingerprint density at radius 2 is 2.07 bits per heavy atom. The smallest absolute Gasteiger partial charge is 0.272 e. The Hall–Kier alpha value is -3.41. The van der Waals surface area contributed by atoms with Crippen LogP contribution in [0.1, 0.15) is 21.7 Å². The van der Waals surface area contributed by atoms with Crippen molar-refractivity contribution in [3.63, 3.8) is 0 Å². The number of hydrogen-bond donors (Lipinski definition) is 1. The Labute approximate surface area is 157 Å². The summed E-state index contributed by atoms with van der Waals surface area (Å²) in [6.45, 7) is 2.93. The molecule has 0 saturated heterocycles. The summed E-state index contributed by atoms with van der Waals surface area (Å²) in [4.78, 5) is 23.0. The Bertz CT molecular complexity index is 989. The molecule has 1 aromatic carbocycles. The largest absolute Gasteiger partial charge is 0.504 e. The van der Waals surface area contributed by atoms with Crippen LogP contribution in [0.5, 0.6) is 11.5 Å². The second-order valence-electron chi connectivity index (χ2n) is 6.46. The lowest BCUT2D eigenvalue weighted by atomic mass is 10.0. The number of pyridine rings is 2. The third-order valence-corrected chi connectivity index (χ3v) is 4.50. The molecule has 3 aromatic rings. The molecule has 0 saturated carbocycles. The number of hydrogen-bond acceptors (Lipinski definition) is 5. The Kier molecular flexibility index (Phi) is 4.46. The molecule has 6 heteroatoms. The zero-order valence-electron chi connectivity index (χ0n) is 14.9. The summed E-state index contributed by atoms with van der Waals surface area (Å²) in [5.41, 5.74) is 3.67. The third-order valence-electron chi connectivity index (χ3n) is 4.50. The highest BCUT2D eigenvalue weighted by atomic mass is 16.5. The molecule has 1 aliphatic heterocycles. The first-order valence-corrected chi connectivity index (χ1v) is 8.74. The number of carbonyl (C=O) groups is 1. The molecule has 0 fully saturated rings. The van der Waals surface area contributed by atoms with Gasteiger partial charge in [-0.25, -0.2) is 4.98 Å². The van der Waals surface area contributed by atoms with Crippen molar-refractivity contribution in [3.8, 4) is 22.6 Å². The molecule has 3 heterocycles. The second-order valence-corrected chi connectivity index (χ2v) is 6.46. The molecule has 0 bridgehead atoms. The molecule has 1 aliphatic rings. The predicted octanol–water partition coefficient (Wildman–Crippen LogP) is 3.19. The van der Waals surface area contributed by atoms with E-state index in [2.05, 4.69) is 9.97 Å². The molecule has 136 valence electrons. The molecule has 2 aromatic heterocycles. The number of benzene rings is 1. The number of amides is 1. The van der Waals surface area contributed by atoms with Crippen LogP contribution in [0.2, 0.25) is 0 Å². The zero-order valence-corrected chi connectivity index (χ0v) is 14.9. The van der Waals surface area contributed by atoms with Gasteiger partial charge in [-0.2, -0.15) is 0 Å². The van der Waals surface area contributed by atoms with Gasteiger partial charge in [-0.05, 0) is 42.8 Å². The molecule has 0 atom stereocenters. The summed E-state index contributed by atoms with van der Waals surface area (Å²) in [6, 6.07) is 12.8. The minimum atomic E-state index is -0.151. The lowest BCUT2D eigenvalue weighted by molar-refractivity contribution is 0.0727. The van der Waals surface area contributed by atoms with Gasteiger partial charge in [0, 0.05) is 35.8 Å². The van der Waals surface area contributed by atoms with Crippen molar-refractivity contribution in [1.82, 2.24) is 14.9 Å². The van der Waals surface area contributed by atoms with Gasteiger partial charge in [0.05, 0.1) is 6.54 Å². The Balaban J connectivity index is 1.69. The van der Waals surface area contributed by atoms with E-state index in [0.717, 1.165) is 22.4 Å². The van der Waals surface area contributed by atoms with Gasteiger partial charge in [0.2, 0.25) is 0 Å². The lowest BCUT2D eigenvalue weighted by Crippen LogP contribution is -2.33. The SMILES string of the molecule is Cc1cccc(C(=O)N2CCOc3c(O)cc(-c4cccnc4)cc3C2)n1. The van der Waals surface area contributed by atoms with E-state index in [9.17, 15) is 9.90 Å². The first kappa shape index (κ1) is 17.0. The van der Waals surface area contributed by atoms with Crippen LogP contribution in [0.4, 0.5) is 0 Å². The van der Waals surface area contributed by atoms with Gasteiger partial charge in [-0.3, -0.25) is 9.78 Å². The van der Waals surface area contributed by atoms with Crippen LogP contribution in [0.3, 0.4) is 0 Å². The number of ether oxygens (including phenoxy) is 1. The lowest BCUT2D eigenvalue weighted by Gasteiger charge is -2.20. The quantitative estimate of drug-likeness (QED) is 0.759. The molecule has 6 nitrogen and oxygen atoms in total. The van der Waals surface area contributed by atoms with Crippen molar-refractivity contribution in [3.05, 3.63) is 71.8 Å². The van der Waals surface area contributed by atoms with Gasteiger partial charge in [0.15, 0.2) is 11.5 Å². The molecular formula is C21H19N3O3. The van der Waals surface area contributed by atoms with Crippen LogP contribution < -0.4 is 4.74 Å². The maximum Gasteiger partial charge on any atom is 0.272 e. The number of rotatable bonds is 2. The average Bonchev–Trinajstić information content (AvgIpc) is 2.91. The van der Waals surface area contributed by atoms with Crippen LogP contribution in [0.25, 0.3) is 11.1 Å². The van der Waals surface area contributed by atoms with Gasteiger partial charge < -0.3 is 14.7 Å². The van der Waals surface area contributed by atoms with E-state index in [1.165, 1.54) is 0 Å². The number of aromatic hydroxyl groups is 1. The van der Waals surface area contributed by atoms with E-state index in [-0.39, 0.29) is 11.7 Å². The highest BCUT2D eigenvalue weighted by molar-refractivity contribution is 5.92. The first-order chi connectivity index (χ1) is 13.1. The van der Waals surface area contributed by atoms with E-state index < -0.39 is 0 Å². The standard InChI is InChI=1S/C21H19N3O3/c1-14-4-2-6-18(23-14)21(26)24-8-9-27-20-17(13-24)10-16(11-19(20)25)15-5-3-7-22-12-15/h2-7,10-12,25H,8-9,13H2,1H3. The number of fused-ring (bicyclic) bond motifs is 1. The number of aromatic nitrogens is 2. The second kappa shape index (κ2) is 7.07. The number of phenolic OH excluding ortho intramolecular Hbond substituents is 1. The Morgan fingerprint density at radius 3 is 2.85 bits per heavy atom. The molecule has 1 amide bonds. The first-order valence-electron chi connectivity index (χ1n) is 8.74. The normalized spacial score (nSPS) is 13.4. The fourth-order valence-corrected chi connectivity index (χ4v) is 3.20. The third kappa shape index (κ3) is 3.46. The molecule has 4 rings (SSSR count). The van der Waals surface area contributed by atoms with Crippen molar-refractivity contribution >= 4 is 5.91 Å². The molecule has 27 heavy (non-hydrogen) atoms. The van der Waals surface area contributed by atoms with Crippen LogP contribution in [0.15, 0.2) is 54.9 Å². The average molecular weight is 361 g/mol. The van der Waals surface area contributed by atoms with Gasteiger partial charge >= 0.3 is 0 Å². The van der Waals surface area contributed by atoms with Crippen molar-refractivity contribution in [2.24, 2.45) is 0 Å². The molecular weight excluding hydrogens is 342 g/mol. The minimum absolute atomic E-state index is 0.0642. The summed E-state index contributed by atoms with van der Waals surface area (Å²) in [5.74, 6) is 0.339. The highest BCUT2D eigenvalue weighted by Gasteiger charge is 2.24. The molecule has 0 aliphatic carbocycles. The number of nitrogens with zero attached hydrogens (tertiary/aromatic N) is 3. The van der Waals surface area contributed by atoms with Gasteiger partial charge in [0.25, 0.3) is 5.91 Å². The van der Waals surface area contributed by atoms with Gasteiger partial charge in [0.1, 0.15) is 12.3 Å². The van der Waals surface area contributed by atoms with E-state index in [1.54, 1.807) is 29.4 Å². The van der Waals surface area contributed by atoms with Crippen molar-refractivity contribution in [2.75, 3.05) is 13.2 Å². The maximum atomic E-state index is 12.9. The maximum absolute atomic E-state index is 12.9. The summed E-state index contributed by atoms with van der Waals surface area (Å²) >= 11 is 0. The van der Waals surface area contributed by atoms with Gasteiger partial charge in [-0.15, -0.1) is 0 Å². The zero-order chi connectivity index (χ0) is 18.8. The summed E-state index contributed by atoms with van der Waals surface area (Å²) in [6.07, 6.45) is 3.43. The van der Waals surface area contributed by atoms with Crippen LogP contribution in [-0.4, -0.2) is 39.0 Å². The van der Waals surface area contributed by atoms with Crippen LogP contribution >= 0.6 is 0 Å². The van der Waals surface area contributed by atoms with Crippen molar-refractivity contribution in [1.29, 1.82) is 0 Å². The number of aryl methyl sites for hydroxylation is 1. The topological polar surface area (TPSA) is 75.6 Å². The number of phenols is 1. The Morgan fingerprint density at radius 1 is 1.19 bits per heavy atom. The molecule has 0 spiro atoms. The monoisotopic (exact) mass is 361 g/mol. The molecule has 0 radical (unpaired) electrons. The van der Waals surface area contributed by atoms with E-state index in [1.807, 2.05) is 37.3 Å². The van der Waals surface area contributed by atoms with E-state index in [4.69, 9.17) is 4.74 Å². The fraction of sp³-hybridized carbons (Fsp3) is 0.190. The van der Waals surface area contributed by atoms with E-state index in [0.29, 0.717) is 31.1 Å². The molecule has 0 unspecified atom stereocenters.